The molecule has 0 amide bonds. The zero-order chi connectivity index (χ0) is 17.0. The Balaban J connectivity index is 2.39. The fraction of sp³-hybridized carbons (Fsp3) is 0.188. The Hall–Kier alpha value is -2.62. The molecule has 0 spiro atoms. The Morgan fingerprint density at radius 3 is 2.91 bits per heavy atom. The SMILES string of the molecule is C=C(C#N)CC(O)c1ccc(Cl)cc1-c1cnn(CC(=O)O)c1. The maximum Gasteiger partial charge on any atom is 0.325 e. The number of carboxylic acid groups (broad SMARTS) is 1. The molecule has 23 heavy (non-hydrogen) atoms. The monoisotopic (exact) mass is 331 g/mol. The van der Waals surface area contributed by atoms with Gasteiger partial charge in [-0.25, -0.2) is 0 Å². The van der Waals surface area contributed by atoms with E-state index in [1.807, 2.05) is 6.07 Å². The van der Waals surface area contributed by atoms with Crippen LogP contribution in [0.25, 0.3) is 11.1 Å². The van der Waals surface area contributed by atoms with Gasteiger partial charge in [0.1, 0.15) is 6.54 Å². The minimum Gasteiger partial charge on any atom is -0.480 e. The molecular formula is C16H14ClN3O3. The first kappa shape index (κ1) is 16.7. The van der Waals surface area contributed by atoms with Crippen LogP contribution in [0.4, 0.5) is 0 Å². The number of rotatable bonds is 6. The van der Waals surface area contributed by atoms with Crippen LogP contribution in [0.15, 0.2) is 42.7 Å². The number of aliphatic hydroxyl groups excluding tert-OH is 1. The number of nitriles is 1. The highest BCUT2D eigenvalue weighted by molar-refractivity contribution is 6.30. The molecule has 0 saturated carbocycles. The Labute approximate surface area is 137 Å². The molecule has 0 fully saturated rings. The van der Waals surface area contributed by atoms with Gasteiger partial charge in [0.05, 0.1) is 18.4 Å². The van der Waals surface area contributed by atoms with E-state index in [-0.39, 0.29) is 18.5 Å². The molecular weight excluding hydrogens is 318 g/mol. The number of aliphatic hydroxyl groups is 1. The molecule has 0 bridgehead atoms. The second-order valence-electron chi connectivity index (χ2n) is 4.99. The molecule has 1 atom stereocenters. The van der Waals surface area contributed by atoms with Crippen molar-refractivity contribution in [3.63, 3.8) is 0 Å². The molecule has 2 rings (SSSR count). The van der Waals surface area contributed by atoms with Crippen LogP contribution in [0.2, 0.25) is 5.02 Å². The number of hydrogen-bond acceptors (Lipinski definition) is 4. The molecule has 6 nitrogen and oxygen atoms in total. The lowest BCUT2D eigenvalue weighted by atomic mass is 9.95. The molecule has 1 aromatic carbocycles. The summed E-state index contributed by atoms with van der Waals surface area (Å²) in [6, 6.07) is 6.87. The van der Waals surface area contributed by atoms with Crippen molar-refractivity contribution >= 4 is 17.6 Å². The minimum atomic E-state index is -1.00. The van der Waals surface area contributed by atoms with Crippen molar-refractivity contribution in [3.05, 3.63) is 53.3 Å². The van der Waals surface area contributed by atoms with Crippen LogP contribution in [0.1, 0.15) is 18.1 Å². The molecule has 2 aromatic rings. The summed E-state index contributed by atoms with van der Waals surface area (Å²) in [7, 11) is 0. The molecule has 1 unspecified atom stereocenters. The molecule has 0 saturated heterocycles. The van der Waals surface area contributed by atoms with E-state index < -0.39 is 12.1 Å². The van der Waals surface area contributed by atoms with Crippen LogP contribution in [-0.2, 0) is 11.3 Å². The summed E-state index contributed by atoms with van der Waals surface area (Å²) in [4.78, 5) is 10.7. The van der Waals surface area contributed by atoms with Gasteiger partial charge in [-0.15, -0.1) is 0 Å². The summed E-state index contributed by atoms with van der Waals surface area (Å²) >= 11 is 6.02. The van der Waals surface area contributed by atoms with Crippen molar-refractivity contribution in [1.82, 2.24) is 9.78 Å². The quantitative estimate of drug-likeness (QED) is 0.793. The van der Waals surface area contributed by atoms with Crippen molar-refractivity contribution in [2.24, 2.45) is 0 Å². The van der Waals surface area contributed by atoms with Crippen molar-refractivity contribution < 1.29 is 15.0 Å². The van der Waals surface area contributed by atoms with Crippen LogP contribution in [-0.4, -0.2) is 26.0 Å². The average molecular weight is 332 g/mol. The first-order chi connectivity index (χ1) is 10.9. The van der Waals surface area contributed by atoms with Crippen LogP contribution in [0.5, 0.6) is 0 Å². The predicted octanol–water partition coefficient (Wildman–Crippen LogP) is 2.79. The summed E-state index contributed by atoms with van der Waals surface area (Å²) in [5, 5.41) is 32.4. The predicted molar refractivity (Wildman–Crippen MR) is 84.6 cm³/mol. The Bertz CT molecular complexity index is 792. The van der Waals surface area contributed by atoms with E-state index >= 15 is 0 Å². The number of halogens is 1. The summed E-state index contributed by atoms with van der Waals surface area (Å²) in [6.45, 7) is 3.31. The number of carbonyl (C=O) groups is 1. The first-order valence-electron chi connectivity index (χ1n) is 6.70. The highest BCUT2D eigenvalue weighted by Gasteiger charge is 2.17. The zero-order valence-corrected chi connectivity index (χ0v) is 12.9. The van der Waals surface area contributed by atoms with E-state index in [2.05, 4.69) is 11.7 Å². The van der Waals surface area contributed by atoms with Crippen LogP contribution in [0.3, 0.4) is 0 Å². The summed E-state index contributed by atoms with van der Waals surface area (Å²) < 4.78 is 1.28. The van der Waals surface area contributed by atoms with Gasteiger partial charge in [0.2, 0.25) is 0 Å². The van der Waals surface area contributed by atoms with Gasteiger partial charge in [-0.3, -0.25) is 9.48 Å². The fourth-order valence-electron chi connectivity index (χ4n) is 2.19. The van der Waals surface area contributed by atoms with Gasteiger partial charge in [0.25, 0.3) is 0 Å². The van der Waals surface area contributed by atoms with E-state index in [1.165, 1.54) is 10.9 Å². The van der Waals surface area contributed by atoms with E-state index in [9.17, 15) is 9.90 Å². The summed E-state index contributed by atoms with van der Waals surface area (Å²) in [6.07, 6.45) is 2.25. The average Bonchev–Trinajstić information content (AvgIpc) is 2.94. The Kier molecular flexibility index (Phi) is 5.16. The molecule has 1 heterocycles. The second-order valence-corrected chi connectivity index (χ2v) is 5.42. The molecule has 0 aliphatic rings. The standard InChI is InChI=1S/C16H14ClN3O3/c1-10(6-18)4-15(21)13-3-2-12(17)5-14(13)11-7-19-20(8-11)9-16(22)23/h2-3,5,7-8,15,21H,1,4,9H2,(H,22,23). The largest absolute Gasteiger partial charge is 0.480 e. The number of nitrogens with zero attached hydrogens (tertiary/aromatic N) is 3. The topological polar surface area (TPSA) is 99.1 Å². The second kappa shape index (κ2) is 7.09. The van der Waals surface area contributed by atoms with Gasteiger partial charge in [0.15, 0.2) is 0 Å². The lowest BCUT2D eigenvalue weighted by molar-refractivity contribution is -0.137. The molecule has 0 aliphatic heterocycles. The van der Waals surface area contributed by atoms with E-state index in [1.54, 1.807) is 24.4 Å². The summed E-state index contributed by atoms with van der Waals surface area (Å²) in [5.41, 5.74) is 2.10. The third-order valence-electron chi connectivity index (χ3n) is 3.21. The lowest BCUT2D eigenvalue weighted by Gasteiger charge is -2.14. The molecule has 7 heteroatoms. The smallest absolute Gasteiger partial charge is 0.325 e. The zero-order valence-electron chi connectivity index (χ0n) is 12.1. The van der Waals surface area contributed by atoms with Crippen molar-refractivity contribution in [1.29, 1.82) is 5.26 Å². The molecule has 118 valence electrons. The Morgan fingerprint density at radius 2 is 2.26 bits per heavy atom. The van der Waals surface area contributed by atoms with Crippen molar-refractivity contribution in [2.75, 3.05) is 0 Å². The molecule has 0 aliphatic carbocycles. The summed E-state index contributed by atoms with van der Waals surface area (Å²) in [5.74, 6) is -1.00. The maximum atomic E-state index is 10.7. The molecule has 0 radical (unpaired) electrons. The fourth-order valence-corrected chi connectivity index (χ4v) is 2.36. The van der Waals surface area contributed by atoms with E-state index in [0.29, 0.717) is 21.7 Å². The van der Waals surface area contributed by atoms with Gasteiger partial charge in [0, 0.05) is 28.8 Å². The van der Waals surface area contributed by atoms with Gasteiger partial charge >= 0.3 is 5.97 Å². The van der Waals surface area contributed by atoms with Gasteiger partial charge in [-0.2, -0.15) is 10.4 Å². The third kappa shape index (κ3) is 4.19. The third-order valence-corrected chi connectivity index (χ3v) is 3.45. The number of aromatic nitrogens is 2. The van der Waals surface area contributed by atoms with E-state index in [4.69, 9.17) is 22.0 Å². The van der Waals surface area contributed by atoms with E-state index in [0.717, 1.165) is 0 Å². The number of hydrogen-bond donors (Lipinski definition) is 2. The highest BCUT2D eigenvalue weighted by Crippen LogP contribution is 2.33. The minimum absolute atomic E-state index is 0.106. The van der Waals surface area contributed by atoms with Gasteiger partial charge in [-0.1, -0.05) is 24.2 Å². The Morgan fingerprint density at radius 1 is 1.52 bits per heavy atom. The van der Waals surface area contributed by atoms with Crippen LogP contribution in [0, 0.1) is 11.3 Å². The number of aliphatic carboxylic acids is 1. The van der Waals surface area contributed by atoms with Crippen LogP contribution >= 0.6 is 11.6 Å². The van der Waals surface area contributed by atoms with Crippen molar-refractivity contribution in [2.45, 2.75) is 19.1 Å². The van der Waals surface area contributed by atoms with Gasteiger partial charge in [-0.05, 0) is 23.3 Å². The van der Waals surface area contributed by atoms with Crippen LogP contribution < -0.4 is 0 Å². The lowest BCUT2D eigenvalue weighted by Crippen LogP contribution is -2.08. The van der Waals surface area contributed by atoms with Crippen molar-refractivity contribution in [3.8, 4) is 17.2 Å². The maximum absolute atomic E-state index is 10.7. The van der Waals surface area contributed by atoms with Gasteiger partial charge < -0.3 is 10.2 Å². The normalized spacial score (nSPS) is 11.7. The molecule has 1 aromatic heterocycles. The highest BCUT2D eigenvalue weighted by atomic mass is 35.5. The number of carboxylic acids is 1. The molecule has 2 N–H and O–H groups in total. The first-order valence-corrected chi connectivity index (χ1v) is 7.08. The number of benzene rings is 1.